The van der Waals surface area contributed by atoms with E-state index in [0.717, 1.165) is 0 Å². The molecule has 0 rings (SSSR count). The fraction of sp³-hybridized carbons (Fsp3) is 0. The van der Waals surface area contributed by atoms with Gasteiger partial charge in [-0.2, -0.15) is 0 Å². The second-order valence-corrected chi connectivity index (χ2v) is 10.1. The second kappa shape index (κ2) is 54.9. The molecular weight excluding hydrogens is 1810 g/mol. The molecule has 0 aromatic rings. The van der Waals surface area contributed by atoms with Crippen LogP contribution in [0.4, 0.5) is 0 Å². The molecular formula is Cr6Cu2K4O24Pb4+4. The SMILES string of the molecule is [Cu+2].[Cu+2].[K+].[K+].[K+].[K+].[O]=[Cr](=[O])([O-])[O-].[O]=[Cr](=[O])([O-])[O-].[O]=[Cr](=[O])([O-])[O-].[O]=[Cr](=[O])([O-])[O-].[O]=[Cr](=[O])([O-])[O-].[O]=[Cr](=[O])([O-])[O-].[Pb+2].[Pb+2].[Pb+2].[Pb+2]. The molecule has 0 bridgehead atoms. The zero-order valence-corrected chi connectivity index (χ0v) is 56.4. The Morgan fingerprint density at radius 1 is 0.225 bits per heavy atom. The Morgan fingerprint density at radius 3 is 0.225 bits per heavy atom. The van der Waals surface area contributed by atoms with E-state index in [0.29, 0.717) is 0 Å². The van der Waals surface area contributed by atoms with Gasteiger partial charge in [0.1, 0.15) is 0 Å². The summed E-state index contributed by atoms with van der Waals surface area (Å²) < 4.78 is 206. The Morgan fingerprint density at radius 2 is 0.225 bits per heavy atom. The van der Waals surface area contributed by atoms with Crippen molar-refractivity contribution in [1.82, 2.24) is 0 Å². The molecule has 218 valence electrons. The van der Waals surface area contributed by atoms with Gasteiger partial charge in [-0.3, -0.25) is 0 Å². The number of rotatable bonds is 0. The molecule has 0 aromatic carbocycles. The van der Waals surface area contributed by atoms with E-state index in [1.807, 2.05) is 0 Å². The number of hydrogen-bond donors (Lipinski definition) is 0. The molecule has 0 atom stereocenters. The summed E-state index contributed by atoms with van der Waals surface area (Å²) >= 11 is -34.5. The van der Waals surface area contributed by atoms with Gasteiger partial charge in [0, 0.05) is 0 Å². The van der Waals surface area contributed by atoms with Crippen LogP contribution in [0.15, 0.2) is 0 Å². The summed E-state index contributed by atoms with van der Waals surface area (Å²) in [5.41, 5.74) is 0. The molecule has 40 heteroatoms. The molecule has 0 heterocycles. The maximum Gasteiger partial charge on any atom is 2.00 e. The second-order valence-electron chi connectivity index (χ2n) is 2.45. The first-order valence-corrected chi connectivity index (χ1v) is 16.5. The Kier molecular flexibility index (Phi) is 143. The molecule has 0 aliphatic carbocycles. The predicted octanol–water partition coefficient (Wildman–Crippen LogP) is -29.2. The van der Waals surface area contributed by atoms with Gasteiger partial charge < -0.3 is 0 Å². The van der Waals surface area contributed by atoms with Crippen LogP contribution in [0.3, 0.4) is 0 Å². The third-order valence-electron chi connectivity index (χ3n) is 0. The van der Waals surface area contributed by atoms with Crippen LogP contribution in [0, 0.1) is 0 Å². The van der Waals surface area contributed by atoms with E-state index in [2.05, 4.69) is 0 Å². The molecule has 0 N–H and O–H groups in total. The predicted molar refractivity (Wildman–Crippen MR) is 31.3 cm³/mol. The van der Waals surface area contributed by atoms with Crippen molar-refractivity contribution in [2.24, 2.45) is 0 Å². The summed E-state index contributed by atoms with van der Waals surface area (Å²) in [6, 6.07) is 0. The zero-order chi connectivity index (χ0) is 27.0. The molecule has 0 fully saturated rings. The zero-order valence-electron chi connectivity index (χ0n) is 18.9. The van der Waals surface area contributed by atoms with Crippen LogP contribution in [-0.2, 0) is 161 Å². The van der Waals surface area contributed by atoms with Gasteiger partial charge in [0.05, 0.1) is 0 Å². The Labute approximate surface area is 510 Å². The maximum absolute atomic E-state index is 8.59. The maximum atomic E-state index is 8.59. The fourth-order valence-electron chi connectivity index (χ4n) is 0. The fourth-order valence-corrected chi connectivity index (χ4v) is 0. The standard InChI is InChI=1S/6Cr.2Cu.4K.24O.4Pb/q;;;;;;2*+2;4*+1;;;;;;;;;;;;;12*-1;4*+2. The summed E-state index contributed by atoms with van der Waals surface area (Å²) in [5.74, 6) is 0. The topological polar surface area (TPSA) is 482 Å². The minimum Gasteiger partial charge on any atom is 2.00 e. The van der Waals surface area contributed by atoms with Crippen molar-refractivity contribution in [2.45, 2.75) is 0 Å². The van der Waals surface area contributed by atoms with E-state index in [4.69, 9.17) is 95.5 Å². The molecule has 0 aromatic heterocycles. The largest absolute Gasteiger partial charge is 2.00 e. The molecule has 24 nitrogen and oxygen atoms in total. The normalized spacial score (nSPS) is 8.70. The summed E-state index contributed by atoms with van der Waals surface area (Å²) in [4.78, 5) is 0. The van der Waals surface area contributed by atoms with Gasteiger partial charge in [-0.1, -0.05) is 0 Å². The monoisotopic (exact) mass is 1810 g/mol. The summed E-state index contributed by atoms with van der Waals surface area (Å²) in [6.07, 6.45) is 0. The van der Waals surface area contributed by atoms with E-state index >= 15 is 0 Å². The van der Waals surface area contributed by atoms with Crippen molar-refractivity contribution in [1.29, 1.82) is 0 Å². The molecule has 0 aliphatic rings. The van der Waals surface area contributed by atoms with Gasteiger partial charge in [-0.05, 0) is 0 Å². The quantitative estimate of drug-likeness (QED) is 0.203. The minimum absolute atomic E-state index is 0. The molecule has 0 aliphatic heterocycles. The van der Waals surface area contributed by atoms with Crippen molar-refractivity contribution in [2.75, 3.05) is 0 Å². The van der Waals surface area contributed by atoms with Gasteiger partial charge in [-0.15, -0.1) is 0 Å². The van der Waals surface area contributed by atoms with Gasteiger partial charge in [-0.25, -0.2) is 0 Å². The Hall–Kier alpha value is 11.6. The Bertz CT molecular complexity index is 801. The molecule has 10 radical (unpaired) electrons. The van der Waals surface area contributed by atoms with Crippen molar-refractivity contribution >= 4 is 109 Å². The average Bonchev–Trinajstić information content (AvgIpc) is 1.94. The minimum atomic E-state index is -5.75. The van der Waals surface area contributed by atoms with Gasteiger partial charge >= 0.3 is 526 Å². The van der Waals surface area contributed by atoms with Crippen LogP contribution in [0.2, 0.25) is 0 Å². The number of hydrogen-bond acceptors (Lipinski definition) is 24. The van der Waals surface area contributed by atoms with Crippen LogP contribution in [0.5, 0.6) is 0 Å². The molecule has 0 unspecified atom stereocenters. The van der Waals surface area contributed by atoms with E-state index in [1.54, 1.807) is 0 Å². The van der Waals surface area contributed by atoms with E-state index in [1.165, 1.54) is 0 Å². The summed E-state index contributed by atoms with van der Waals surface area (Å²) in [7, 11) is 0. The summed E-state index contributed by atoms with van der Waals surface area (Å²) in [6.45, 7) is 0. The van der Waals surface area contributed by atoms with Crippen molar-refractivity contribution in [3.63, 3.8) is 0 Å². The third kappa shape index (κ3) is 872. The van der Waals surface area contributed by atoms with Crippen LogP contribution >= 0.6 is 0 Å². The smallest absolute Gasteiger partial charge is 2.00 e. The van der Waals surface area contributed by atoms with Gasteiger partial charge in [0.2, 0.25) is 0 Å². The Balaban J connectivity index is -0.0000000118. The van der Waals surface area contributed by atoms with Crippen molar-refractivity contribution in [3.8, 4) is 0 Å². The van der Waals surface area contributed by atoms with Crippen LogP contribution in [-0.4, -0.2) is 109 Å². The third-order valence-corrected chi connectivity index (χ3v) is 0. The first kappa shape index (κ1) is 104. The van der Waals surface area contributed by atoms with Crippen LogP contribution < -0.4 is 255 Å². The molecule has 0 spiro atoms. The van der Waals surface area contributed by atoms with Crippen molar-refractivity contribution < 1.29 is 417 Å². The average molecular weight is 1810 g/mol. The molecule has 0 saturated heterocycles. The van der Waals surface area contributed by atoms with E-state index < -0.39 is 81.7 Å². The van der Waals surface area contributed by atoms with Gasteiger partial charge in [0.15, 0.2) is 0 Å². The van der Waals surface area contributed by atoms with Crippen LogP contribution in [0.25, 0.3) is 0 Å². The summed E-state index contributed by atoms with van der Waals surface area (Å²) in [5, 5.41) is 0. The molecule has 0 saturated carbocycles. The first-order valence-electron chi connectivity index (χ1n) is 4.00. The van der Waals surface area contributed by atoms with Crippen LogP contribution in [0.1, 0.15) is 0 Å². The first-order chi connectivity index (χ1) is 12.0. The van der Waals surface area contributed by atoms with E-state index in [-0.39, 0.29) is 349 Å². The molecule has 40 heavy (non-hydrogen) atoms. The van der Waals surface area contributed by atoms with E-state index in [9.17, 15) is 0 Å². The van der Waals surface area contributed by atoms with Crippen molar-refractivity contribution in [3.05, 3.63) is 0 Å². The van der Waals surface area contributed by atoms with Gasteiger partial charge in [0.25, 0.3) is 0 Å². The molecule has 0 amide bonds.